The zero-order chi connectivity index (χ0) is 8.85. The molecule has 0 aromatic rings. The largest absolute Gasteiger partial charge is 0.290 e. The third-order valence-electron chi connectivity index (χ3n) is 1.95. The molecule has 0 aromatic carbocycles. The van der Waals surface area contributed by atoms with Gasteiger partial charge in [0.05, 0.1) is 6.54 Å². The van der Waals surface area contributed by atoms with E-state index in [1.165, 1.54) is 16.9 Å². The molecule has 0 amide bonds. The lowest BCUT2D eigenvalue weighted by Gasteiger charge is -2.00. The number of rotatable bonds is 3. The topological polar surface area (TPSA) is 12.4 Å². The van der Waals surface area contributed by atoms with E-state index in [1.807, 2.05) is 0 Å². The van der Waals surface area contributed by atoms with Gasteiger partial charge >= 0.3 is 0 Å². The van der Waals surface area contributed by atoms with Crippen LogP contribution in [0.15, 0.2) is 16.1 Å². The van der Waals surface area contributed by atoms with Crippen molar-refractivity contribution in [1.82, 2.24) is 0 Å². The molecule has 0 aromatic heterocycles. The molecule has 1 heteroatoms. The normalized spacial score (nSPS) is 11.5. The molecule has 0 aliphatic heterocycles. The molecule has 0 aliphatic carbocycles. The number of nitrogens with zero attached hydrogens (tertiary/aromatic N) is 1. The van der Waals surface area contributed by atoms with Crippen molar-refractivity contribution in [3.8, 4) is 0 Å². The van der Waals surface area contributed by atoms with Crippen LogP contribution in [0.2, 0.25) is 0 Å². The molecule has 0 radical (unpaired) electrons. The smallest absolute Gasteiger partial charge is 0.0598 e. The summed E-state index contributed by atoms with van der Waals surface area (Å²) in [5.74, 6) is 0. The zero-order valence-corrected chi connectivity index (χ0v) is 8.36. The van der Waals surface area contributed by atoms with Crippen molar-refractivity contribution in [2.75, 3.05) is 6.54 Å². The average Bonchev–Trinajstić information content (AvgIpc) is 1.99. The van der Waals surface area contributed by atoms with Gasteiger partial charge in [0.1, 0.15) is 0 Å². The molecular weight excluding hydrogens is 134 g/mol. The Balaban J connectivity index is 3.99. The lowest BCUT2D eigenvalue weighted by Crippen LogP contribution is -1.92. The van der Waals surface area contributed by atoms with Crippen molar-refractivity contribution in [3.63, 3.8) is 0 Å². The summed E-state index contributed by atoms with van der Waals surface area (Å²) in [5, 5.41) is 0. The molecule has 0 fully saturated rings. The van der Waals surface area contributed by atoms with Crippen molar-refractivity contribution >= 4 is 5.71 Å². The van der Waals surface area contributed by atoms with E-state index < -0.39 is 0 Å². The van der Waals surface area contributed by atoms with Crippen LogP contribution in [0.1, 0.15) is 41.0 Å². The highest BCUT2D eigenvalue weighted by atomic mass is 14.7. The van der Waals surface area contributed by atoms with Gasteiger partial charge in [-0.25, -0.2) is 0 Å². The van der Waals surface area contributed by atoms with E-state index in [4.69, 9.17) is 0 Å². The molecule has 0 atom stereocenters. The summed E-state index contributed by atoms with van der Waals surface area (Å²) in [4.78, 5) is 4.42. The highest BCUT2D eigenvalue weighted by Crippen LogP contribution is 2.02. The summed E-state index contributed by atoms with van der Waals surface area (Å²) in [6.07, 6.45) is 1.07. The Bertz CT molecular complexity index is 171. The molecule has 0 saturated heterocycles. The molecule has 0 aliphatic rings. The van der Waals surface area contributed by atoms with Gasteiger partial charge in [-0.1, -0.05) is 18.1 Å². The Morgan fingerprint density at radius 3 is 2.00 bits per heavy atom. The Morgan fingerprint density at radius 1 is 1.09 bits per heavy atom. The molecule has 0 heterocycles. The van der Waals surface area contributed by atoms with Crippen LogP contribution in [0.3, 0.4) is 0 Å². The van der Waals surface area contributed by atoms with Crippen molar-refractivity contribution < 1.29 is 0 Å². The van der Waals surface area contributed by atoms with Gasteiger partial charge < -0.3 is 0 Å². The van der Waals surface area contributed by atoms with Crippen LogP contribution in [-0.2, 0) is 0 Å². The van der Waals surface area contributed by atoms with Crippen LogP contribution in [0.5, 0.6) is 0 Å². The van der Waals surface area contributed by atoms with Crippen molar-refractivity contribution in [3.05, 3.63) is 11.1 Å². The van der Waals surface area contributed by atoms with Crippen LogP contribution in [-0.4, -0.2) is 12.3 Å². The maximum absolute atomic E-state index is 4.42. The summed E-state index contributed by atoms with van der Waals surface area (Å²) in [6.45, 7) is 11.5. The highest BCUT2D eigenvalue weighted by molar-refractivity contribution is 5.81. The van der Waals surface area contributed by atoms with Gasteiger partial charge in [0.25, 0.3) is 0 Å². The van der Waals surface area contributed by atoms with Gasteiger partial charge in [0.15, 0.2) is 0 Å². The maximum atomic E-state index is 4.42. The molecule has 0 saturated carbocycles. The van der Waals surface area contributed by atoms with E-state index in [1.54, 1.807) is 0 Å². The fourth-order valence-corrected chi connectivity index (χ4v) is 0.523. The number of hydrogen-bond donors (Lipinski definition) is 0. The Hall–Kier alpha value is -0.590. The molecule has 0 rings (SSSR count). The summed E-state index contributed by atoms with van der Waals surface area (Å²) < 4.78 is 0. The number of aliphatic imine (C=N–C) groups is 1. The van der Waals surface area contributed by atoms with Gasteiger partial charge in [-0.15, -0.1) is 0 Å². The first kappa shape index (κ1) is 10.4. The van der Waals surface area contributed by atoms with Crippen LogP contribution in [0.25, 0.3) is 0 Å². The maximum Gasteiger partial charge on any atom is 0.0598 e. The van der Waals surface area contributed by atoms with Gasteiger partial charge in [0, 0.05) is 5.71 Å². The molecule has 0 spiro atoms. The third-order valence-corrected chi connectivity index (χ3v) is 1.95. The van der Waals surface area contributed by atoms with Gasteiger partial charge in [-0.3, -0.25) is 4.99 Å². The van der Waals surface area contributed by atoms with E-state index in [9.17, 15) is 0 Å². The van der Waals surface area contributed by atoms with Gasteiger partial charge in [0.2, 0.25) is 0 Å². The fraction of sp³-hybridized carbons (Fsp3) is 0.700. The quantitative estimate of drug-likeness (QED) is 0.436. The minimum Gasteiger partial charge on any atom is -0.290 e. The SMILES string of the molecule is CCC(C)=NCC(C)=C(C)C. The predicted octanol–water partition coefficient (Wildman–Crippen LogP) is 3.21. The standard InChI is InChI=1S/C10H19N/c1-6-10(5)11-7-9(4)8(2)3/h6-7H2,1-5H3. The van der Waals surface area contributed by atoms with Gasteiger partial charge in [-0.05, 0) is 34.1 Å². The van der Waals surface area contributed by atoms with Crippen LogP contribution >= 0.6 is 0 Å². The lowest BCUT2D eigenvalue weighted by atomic mass is 10.2. The first-order chi connectivity index (χ1) is 5.07. The summed E-state index contributed by atoms with van der Waals surface area (Å²) in [7, 11) is 0. The second-order valence-corrected chi connectivity index (χ2v) is 3.19. The molecule has 0 unspecified atom stereocenters. The van der Waals surface area contributed by atoms with Crippen molar-refractivity contribution in [2.45, 2.75) is 41.0 Å². The molecule has 0 N–H and O–H groups in total. The molecule has 64 valence electrons. The second-order valence-electron chi connectivity index (χ2n) is 3.19. The lowest BCUT2D eigenvalue weighted by molar-refractivity contribution is 1.07. The Labute approximate surface area is 70.2 Å². The summed E-state index contributed by atoms with van der Waals surface area (Å²) in [5.41, 5.74) is 4.01. The molecule has 11 heavy (non-hydrogen) atoms. The first-order valence-corrected chi connectivity index (χ1v) is 4.20. The average molecular weight is 153 g/mol. The number of hydrogen-bond acceptors (Lipinski definition) is 1. The zero-order valence-electron chi connectivity index (χ0n) is 8.36. The molecule has 0 bridgehead atoms. The monoisotopic (exact) mass is 153 g/mol. The fourth-order valence-electron chi connectivity index (χ4n) is 0.523. The van der Waals surface area contributed by atoms with E-state index in [2.05, 4.69) is 39.6 Å². The molecule has 1 nitrogen and oxygen atoms in total. The minimum atomic E-state index is 0.877. The Kier molecular flexibility index (Phi) is 4.84. The van der Waals surface area contributed by atoms with Crippen molar-refractivity contribution in [1.29, 1.82) is 0 Å². The van der Waals surface area contributed by atoms with Crippen molar-refractivity contribution in [2.24, 2.45) is 4.99 Å². The Morgan fingerprint density at radius 2 is 1.64 bits per heavy atom. The first-order valence-electron chi connectivity index (χ1n) is 4.20. The van der Waals surface area contributed by atoms with Crippen LogP contribution in [0, 0.1) is 0 Å². The molecular formula is C10H19N. The third kappa shape index (κ3) is 4.77. The van der Waals surface area contributed by atoms with Gasteiger partial charge in [-0.2, -0.15) is 0 Å². The number of allylic oxidation sites excluding steroid dienone is 1. The van der Waals surface area contributed by atoms with Crippen LogP contribution in [0.4, 0.5) is 0 Å². The summed E-state index contributed by atoms with van der Waals surface area (Å²) in [6, 6.07) is 0. The highest BCUT2D eigenvalue weighted by Gasteiger charge is 1.90. The van der Waals surface area contributed by atoms with E-state index >= 15 is 0 Å². The second kappa shape index (κ2) is 5.11. The van der Waals surface area contributed by atoms with Crippen LogP contribution < -0.4 is 0 Å². The van der Waals surface area contributed by atoms with E-state index in [0.717, 1.165) is 13.0 Å². The minimum absolute atomic E-state index is 0.877. The van der Waals surface area contributed by atoms with E-state index in [0.29, 0.717) is 0 Å². The van der Waals surface area contributed by atoms with E-state index in [-0.39, 0.29) is 0 Å². The summed E-state index contributed by atoms with van der Waals surface area (Å²) >= 11 is 0. The predicted molar refractivity (Wildman–Crippen MR) is 52.3 cm³/mol.